The number of halogens is 1. The molecular weight excluding hydrogens is 476 g/mol. The maximum absolute atomic E-state index is 12.4. The molecule has 0 radical (unpaired) electrons. The van der Waals surface area contributed by atoms with E-state index in [-0.39, 0.29) is 29.9 Å². The van der Waals surface area contributed by atoms with Crippen molar-refractivity contribution < 1.29 is 14.3 Å². The summed E-state index contributed by atoms with van der Waals surface area (Å²) in [6.45, 7) is 0. The maximum atomic E-state index is 12.4. The third kappa shape index (κ3) is 4.56. The summed E-state index contributed by atoms with van der Waals surface area (Å²) in [5.41, 5.74) is 8.98. The monoisotopic (exact) mass is 498 g/mol. The molecule has 0 bridgehead atoms. The van der Waals surface area contributed by atoms with Crippen molar-refractivity contribution in [1.82, 2.24) is 20.8 Å². The first-order valence-electron chi connectivity index (χ1n) is 10.7. The lowest BCUT2D eigenvalue weighted by molar-refractivity contribution is -0.113. The number of rotatable bonds is 5. The Balaban J connectivity index is 1.15. The third-order valence-corrected chi connectivity index (χ3v) is 7.12. The molecule has 0 saturated carbocycles. The molecule has 5 rings (SSSR count). The SMILES string of the molecule is COC(=O)c1ccc(NC(=O)CSC2=NNC3C4CC(c5ccc(Cl)cc5)NN4C=CN23)cc1. The lowest BCUT2D eigenvalue weighted by atomic mass is 10.00. The zero-order valence-corrected chi connectivity index (χ0v) is 19.8. The molecule has 0 aliphatic carbocycles. The van der Waals surface area contributed by atoms with Crippen molar-refractivity contribution >= 4 is 46.1 Å². The van der Waals surface area contributed by atoms with E-state index in [0.717, 1.165) is 16.6 Å². The number of benzene rings is 2. The molecule has 3 unspecified atom stereocenters. The number of anilines is 1. The number of carbonyl (C=O) groups excluding carboxylic acids is 2. The number of fused-ring (bicyclic) bond motifs is 3. The van der Waals surface area contributed by atoms with Gasteiger partial charge in [0, 0.05) is 23.1 Å². The number of hydrazone groups is 1. The quantitative estimate of drug-likeness (QED) is 0.541. The van der Waals surface area contributed by atoms with Crippen molar-refractivity contribution in [3.8, 4) is 0 Å². The molecule has 9 nitrogen and oxygen atoms in total. The van der Waals surface area contributed by atoms with Crippen LogP contribution in [-0.4, -0.2) is 52.0 Å². The number of thioether (sulfide) groups is 1. The van der Waals surface area contributed by atoms with Gasteiger partial charge < -0.3 is 20.0 Å². The van der Waals surface area contributed by atoms with Crippen molar-refractivity contribution in [3.63, 3.8) is 0 Å². The van der Waals surface area contributed by atoms with Gasteiger partial charge in [0.25, 0.3) is 0 Å². The van der Waals surface area contributed by atoms with Gasteiger partial charge in [-0.3, -0.25) is 10.2 Å². The summed E-state index contributed by atoms with van der Waals surface area (Å²) in [5, 5.41) is 10.9. The number of nitrogens with zero attached hydrogens (tertiary/aromatic N) is 3. The molecule has 3 aliphatic rings. The fourth-order valence-electron chi connectivity index (χ4n) is 4.20. The number of amidine groups is 1. The van der Waals surface area contributed by atoms with Gasteiger partial charge in [-0.15, -0.1) is 0 Å². The third-order valence-electron chi connectivity index (χ3n) is 5.90. The number of nitrogens with one attached hydrogen (secondary N) is 3. The molecule has 2 aromatic carbocycles. The summed E-state index contributed by atoms with van der Waals surface area (Å²) in [4.78, 5) is 26.0. The minimum atomic E-state index is -0.417. The van der Waals surface area contributed by atoms with Gasteiger partial charge >= 0.3 is 5.97 Å². The zero-order chi connectivity index (χ0) is 23.7. The van der Waals surface area contributed by atoms with Gasteiger partial charge in [-0.05, 0) is 48.4 Å². The molecule has 0 aromatic heterocycles. The fourth-order valence-corrected chi connectivity index (χ4v) is 5.10. The average Bonchev–Trinajstić information content (AvgIpc) is 3.47. The summed E-state index contributed by atoms with van der Waals surface area (Å²) in [6.07, 6.45) is 4.85. The highest BCUT2D eigenvalue weighted by Crippen LogP contribution is 2.35. The van der Waals surface area contributed by atoms with Crippen LogP contribution >= 0.6 is 23.4 Å². The first kappa shape index (κ1) is 22.6. The molecular formula is C23H23ClN6O3S. The molecule has 1 amide bonds. The summed E-state index contributed by atoms with van der Waals surface area (Å²) in [7, 11) is 1.33. The minimum absolute atomic E-state index is 0.0220. The van der Waals surface area contributed by atoms with E-state index in [9.17, 15) is 9.59 Å². The van der Waals surface area contributed by atoms with Gasteiger partial charge in [0.05, 0.1) is 30.5 Å². The highest BCUT2D eigenvalue weighted by molar-refractivity contribution is 8.14. The van der Waals surface area contributed by atoms with E-state index in [2.05, 4.69) is 35.9 Å². The van der Waals surface area contributed by atoms with Crippen LogP contribution in [0.3, 0.4) is 0 Å². The topological polar surface area (TPSA) is 98.3 Å². The molecule has 3 atom stereocenters. The Kier molecular flexibility index (Phi) is 6.36. The van der Waals surface area contributed by atoms with Crippen molar-refractivity contribution in [1.29, 1.82) is 0 Å². The molecule has 2 aromatic rings. The Bertz CT molecular complexity index is 1140. The Morgan fingerprint density at radius 3 is 2.68 bits per heavy atom. The Hall–Kier alpha value is -3.21. The van der Waals surface area contributed by atoms with Gasteiger partial charge in [-0.25, -0.2) is 10.2 Å². The Morgan fingerprint density at radius 1 is 1.18 bits per heavy atom. The van der Waals surface area contributed by atoms with E-state index in [0.29, 0.717) is 11.3 Å². The second kappa shape index (κ2) is 9.57. The molecule has 176 valence electrons. The minimum Gasteiger partial charge on any atom is -0.465 e. The number of hydrazine groups is 1. The standard InChI is InChI=1S/C23H23ClN6O3S/c1-33-22(32)15-4-8-17(9-5-15)25-20(31)13-34-23-27-26-21-19-12-18(14-2-6-16(24)7-3-14)28-30(19)11-10-29(21)23/h2-11,18-19,21,26,28H,12-13H2,1H3,(H,25,31). The van der Waals surface area contributed by atoms with Crippen LogP contribution in [-0.2, 0) is 9.53 Å². The molecule has 0 spiro atoms. The lowest BCUT2D eigenvalue weighted by Crippen LogP contribution is -2.54. The van der Waals surface area contributed by atoms with Crippen molar-refractivity contribution in [2.45, 2.75) is 24.7 Å². The number of ether oxygens (including phenoxy) is 1. The second-order valence-electron chi connectivity index (χ2n) is 8.02. The Labute approximate surface area is 206 Å². The predicted octanol–water partition coefficient (Wildman–Crippen LogP) is 3.11. The van der Waals surface area contributed by atoms with Crippen molar-refractivity contribution in [2.75, 3.05) is 18.2 Å². The Morgan fingerprint density at radius 2 is 1.94 bits per heavy atom. The van der Waals surface area contributed by atoms with Crippen molar-refractivity contribution in [2.24, 2.45) is 5.10 Å². The van der Waals surface area contributed by atoms with E-state index in [1.165, 1.54) is 24.4 Å². The number of carbonyl (C=O) groups is 2. The molecule has 3 aliphatic heterocycles. The van der Waals surface area contributed by atoms with Gasteiger partial charge in [0.1, 0.15) is 6.17 Å². The second-order valence-corrected chi connectivity index (χ2v) is 9.40. The smallest absolute Gasteiger partial charge is 0.337 e. The summed E-state index contributed by atoms with van der Waals surface area (Å²) in [6, 6.07) is 14.8. The number of esters is 1. The summed E-state index contributed by atoms with van der Waals surface area (Å²) >= 11 is 7.39. The van der Waals surface area contributed by atoms with Crippen LogP contribution in [0.5, 0.6) is 0 Å². The van der Waals surface area contributed by atoms with Gasteiger partial charge in [0.15, 0.2) is 5.17 Å². The molecule has 1 saturated heterocycles. The van der Waals surface area contributed by atoms with Crippen LogP contribution < -0.4 is 16.2 Å². The highest BCUT2D eigenvalue weighted by atomic mass is 35.5. The molecule has 34 heavy (non-hydrogen) atoms. The van der Waals surface area contributed by atoms with Gasteiger partial charge in [-0.1, -0.05) is 35.5 Å². The maximum Gasteiger partial charge on any atom is 0.337 e. The van der Waals surface area contributed by atoms with Crippen LogP contribution in [0, 0.1) is 0 Å². The van der Waals surface area contributed by atoms with Crippen LogP contribution in [0.2, 0.25) is 5.02 Å². The van der Waals surface area contributed by atoms with Gasteiger partial charge in [0.2, 0.25) is 5.91 Å². The zero-order valence-electron chi connectivity index (χ0n) is 18.3. The summed E-state index contributed by atoms with van der Waals surface area (Å²) < 4.78 is 4.68. The van der Waals surface area contributed by atoms with E-state index in [4.69, 9.17) is 11.6 Å². The van der Waals surface area contributed by atoms with E-state index >= 15 is 0 Å². The van der Waals surface area contributed by atoms with Crippen LogP contribution in [0.1, 0.15) is 28.4 Å². The first-order chi connectivity index (χ1) is 16.5. The molecule has 11 heteroatoms. The van der Waals surface area contributed by atoms with E-state index in [1.807, 2.05) is 36.7 Å². The number of hydrogen-bond acceptors (Lipinski definition) is 9. The fraction of sp³-hybridized carbons (Fsp3) is 0.261. The van der Waals surface area contributed by atoms with Crippen LogP contribution in [0.15, 0.2) is 66.0 Å². The van der Waals surface area contributed by atoms with E-state index < -0.39 is 5.97 Å². The first-order valence-corrected chi connectivity index (χ1v) is 12.1. The largest absolute Gasteiger partial charge is 0.465 e. The number of methoxy groups -OCH3 is 1. The molecule has 1 fully saturated rings. The van der Waals surface area contributed by atoms with E-state index in [1.54, 1.807) is 24.3 Å². The predicted molar refractivity (Wildman–Crippen MR) is 132 cm³/mol. The van der Waals surface area contributed by atoms with Gasteiger partial charge in [-0.2, -0.15) is 5.10 Å². The normalized spacial score (nSPS) is 22.5. The molecule has 3 heterocycles. The summed E-state index contributed by atoms with van der Waals surface area (Å²) in [5.74, 6) is -0.370. The average molecular weight is 499 g/mol. The number of amides is 1. The highest BCUT2D eigenvalue weighted by Gasteiger charge is 2.44. The lowest BCUT2D eigenvalue weighted by Gasteiger charge is -2.36. The number of hydrogen-bond donors (Lipinski definition) is 3. The van der Waals surface area contributed by atoms with Crippen LogP contribution in [0.4, 0.5) is 5.69 Å². The van der Waals surface area contributed by atoms with Crippen molar-refractivity contribution in [3.05, 3.63) is 77.1 Å². The molecule has 3 N–H and O–H groups in total. The van der Waals surface area contributed by atoms with Crippen LogP contribution in [0.25, 0.3) is 0 Å².